The summed E-state index contributed by atoms with van der Waals surface area (Å²) in [5.74, 6) is -0.334. The van der Waals surface area contributed by atoms with Crippen LogP contribution in [0.4, 0.5) is 0 Å². The van der Waals surface area contributed by atoms with Gasteiger partial charge in [0.2, 0.25) is 0 Å². The van der Waals surface area contributed by atoms with Gasteiger partial charge in [-0.2, -0.15) is 0 Å². The molecule has 0 aromatic carbocycles. The zero-order valence-corrected chi connectivity index (χ0v) is 9.62. The number of rotatable bonds is 4. The van der Waals surface area contributed by atoms with E-state index in [9.17, 15) is 4.79 Å². The molecule has 15 heavy (non-hydrogen) atoms. The molecule has 0 bridgehead atoms. The molecule has 0 radical (unpaired) electrons. The maximum atomic E-state index is 11.5. The van der Waals surface area contributed by atoms with Crippen molar-refractivity contribution in [1.82, 2.24) is 0 Å². The lowest BCUT2D eigenvalue weighted by Crippen LogP contribution is -2.46. The molecule has 1 rings (SSSR count). The highest BCUT2D eigenvalue weighted by molar-refractivity contribution is 5.79. The molecule has 1 fully saturated rings. The maximum Gasteiger partial charge on any atom is 0.325 e. The highest BCUT2D eigenvalue weighted by Gasteiger charge is 2.28. The van der Waals surface area contributed by atoms with Crippen LogP contribution < -0.4 is 5.73 Å². The first-order valence-electron chi connectivity index (χ1n) is 5.64. The van der Waals surface area contributed by atoms with Gasteiger partial charge >= 0.3 is 5.97 Å². The van der Waals surface area contributed by atoms with Crippen molar-refractivity contribution in [1.29, 1.82) is 0 Å². The molecule has 2 unspecified atom stereocenters. The predicted octanol–water partition coefficient (Wildman–Crippen LogP) is 1.23. The SMILES string of the molecule is CCC(C)(N)C(=O)OCC1CCCCO1. The molecule has 0 aromatic rings. The minimum absolute atomic E-state index is 0.0651. The van der Waals surface area contributed by atoms with Gasteiger partial charge in [-0.15, -0.1) is 0 Å². The first-order chi connectivity index (χ1) is 7.06. The molecule has 2 atom stereocenters. The summed E-state index contributed by atoms with van der Waals surface area (Å²) in [6, 6.07) is 0. The molecule has 0 aliphatic carbocycles. The van der Waals surface area contributed by atoms with Gasteiger partial charge in [-0.05, 0) is 32.6 Å². The molecule has 1 saturated heterocycles. The van der Waals surface area contributed by atoms with Gasteiger partial charge in [0.05, 0.1) is 6.10 Å². The van der Waals surface area contributed by atoms with Crippen LogP contribution in [0.2, 0.25) is 0 Å². The molecule has 1 aliphatic heterocycles. The lowest BCUT2D eigenvalue weighted by atomic mass is 10.0. The van der Waals surface area contributed by atoms with Crippen molar-refractivity contribution >= 4 is 5.97 Å². The van der Waals surface area contributed by atoms with Crippen molar-refractivity contribution in [2.45, 2.75) is 51.2 Å². The summed E-state index contributed by atoms with van der Waals surface area (Å²) in [5, 5.41) is 0. The molecular weight excluding hydrogens is 194 g/mol. The second kappa shape index (κ2) is 5.47. The lowest BCUT2D eigenvalue weighted by Gasteiger charge is -2.25. The van der Waals surface area contributed by atoms with Crippen LogP contribution in [0.1, 0.15) is 39.5 Å². The van der Waals surface area contributed by atoms with E-state index < -0.39 is 5.54 Å². The second-order valence-electron chi connectivity index (χ2n) is 4.36. The Hall–Kier alpha value is -0.610. The highest BCUT2D eigenvalue weighted by Crippen LogP contribution is 2.14. The topological polar surface area (TPSA) is 61.6 Å². The van der Waals surface area contributed by atoms with Crippen LogP contribution in [0.15, 0.2) is 0 Å². The quantitative estimate of drug-likeness (QED) is 0.716. The molecule has 1 heterocycles. The lowest BCUT2D eigenvalue weighted by molar-refractivity contribution is -0.155. The number of carbonyl (C=O) groups excluding carboxylic acids is 1. The fraction of sp³-hybridized carbons (Fsp3) is 0.909. The van der Waals surface area contributed by atoms with Crippen LogP contribution >= 0.6 is 0 Å². The summed E-state index contributed by atoms with van der Waals surface area (Å²) in [7, 11) is 0. The van der Waals surface area contributed by atoms with Crippen molar-refractivity contribution in [3.8, 4) is 0 Å². The molecule has 88 valence electrons. The monoisotopic (exact) mass is 215 g/mol. The molecule has 0 spiro atoms. The molecule has 0 saturated carbocycles. The van der Waals surface area contributed by atoms with Gasteiger partial charge in [0.15, 0.2) is 0 Å². The standard InChI is InChI=1S/C11H21NO3/c1-3-11(2,12)10(13)15-8-9-6-4-5-7-14-9/h9H,3-8,12H2,1-2H3. The van der Waals surface area contributed by atoms with E-state index >= 15 is 0 Å². The zero-order chi connectivity index (χ0) is 11.3. The zero-order valence-electron chi connectivity index (χ0n) is 9.62. The van der Waals surface area contributed by atoms with Gasteiger partial charge in [0.25, 0.3) is 0 Å². The molecular formula is C11H21NO3. The Labute approximate surface area is 91.1 Å². The van der Waals surface area contributed by atoms with E-state index in [1.165, 1.54) is 0 Å². The highest BCUT2D eigenvalue weighted by atomic mass is 16.6. The van der Waals surface area contributed by atoms with E-state index in [0.717, 1.165) is 25.9 Å². The van der Waals surface area contributed by atoms with Gasteiger partial charge in [0.1, 0.15) is 12.1 Å². The largest absolute Gasteiger partial charge is 0.462 e. The Bertz CT molecular complexity index is 210. The molecule has 4 heteroatoms. The predicted molar refractivity (Wildman–Crippen MR) is 57.4 cm³/mol. The first-order valence-corrected chi connectivity index (χ1v) is 5.64. The van der Waals surface area contributed by atoms with Crippen LogP contribution in [0.25, 0.3) is 0 Å². The Morgan fingerprint density at radius 1 is 1.60 bits per heavy atom. The number of carbonyl (C=O) groups is 1. The molecule has 4 nitrogen and oxygen atoms in total. The minimum atomic E-state index is -0.866. The Morgan fingerprint density at radius 3 is 2.87 bits per heavy atom. The third-order valence-electron chi connectivity index (χ3n) is 2.88. The summed E-state index contributed by atoms with van der Waals surface area (Å²) < 4.78 is 10.6. The van der Waals surface area contributed by atoms with Gasteiger partial charge in [0, 0.05) is 6.61 Å². The normalized spacial score (nSPS) is 25.7. The van der Waals surface area contributed by atoms with Gasteiger partial charge < -0.3 is 15.2 Å². The van der Waals surface area contributed by atoms with Crippen LogP contribution in [0.3, 0.4) is 0 Å². The van der Waals surface area contributed by atoms with E-state index in [1.807, 2.05) is 6.92 Å². The fourth-order valence-corrected chi connectivity index (χ4v) is 1.42. The number of esters is 1. The smallest absolute Gasteiger partial charge is 0.325 e. The second-order valence-corrected chi connectivity index (χ2v) is 4.36. The third-order valence-corrected chi connectivity index (χ3v) is 2.88. The van der Waals surface area contributed by atoms with Crippen molar-refractivity contribution < 1.29 is 14.3 Å². The van der Waals surface area contributed by atoms with Crippen LogP contribution in [0, 0.1) is 0 Å². The molecule has 0 aromatic heterocycles. The van der Waals surface area contributed by atoms with E-state index in [4.69, 9.17) is 15.2 Å². The van der Waals surface area contributed by atoms with Crippen molar-refractivity contribution in [3.05, 3.63) is 0 Å². The minimum Gasteiger partial charge on any atom is -0.462 e. The van der Waals surface area contributed by atoms with Crippen LogP contribution in [0.5, 0.6) is 0 Å². The van der Waals surface area contributed by atoms with Crippen molar-refractivity contribution in [3.63, 3.8) is 0 Å². The summed E-state index contributed by atoms with van der Waals surface area (Å²) in [6.45, 7) is 4.68. The Kier molecular flexibility index (Phi) is 4.54. The molecule has 0 amide bonds. The van der Waals surface area contributed by atoms with Gasteiger partial charge in [-0.25, -0.2) is 0 Å². The summed E-state index contributed by atoms with van der Waals surface area (Å²) >= 11 is 0. The number of hydrogen-bond donors (Lipinski definition) is 1. The van der Waals surface area contributed by atoms with E-state index in [-0.39, 0.29) is 12.1 Å². The van der Waals surface area contributed by atoms with Gasteiger partial charge in [-0.1, -0.05) is 6.92 Å². The van der Waals surface area contributed by atoms with E-state index in [1.54, 1.807) is 6.92 Å². The van der Waals surface area contributed by atoms with Gasteiger partial charge in [-0.3, -0.25) is 4.79 Å². The van der Waals surface area contributed by atoms with E-state index in [0.29, 0.717) is 13.0 Å². The van der Waals surface area contributed by atoms with Crippen LogP contribution in [-0.4, -0.2) is 30.8 Å². The Morgan fingerprint density at radius 2 is 2.33 bits per heavy atom. The van der Waals surface area contributed by atoms with Crippen LogP contribution in [-0.2, 0) is 14.3 Å². The molecule has 2 N–H and O–H groups in total. The average Bonchev–Trinajstić information content (AvgIpc) is 2.27. The fourth-order valence-electron chi connectivity index (χ4n) is 1.42. The van der Waals surface area contributed by atoms with E-state index in [2.05, 4.69) is 0 Å². The van der Waals surface area contributed by atoms with Crippen molar-refractivity contribution in [2.75, 3.05) is 13.2 Å². The number of ether oxygens (including phenoxy) is 2. The Balaban J connectivity index is 2.26. The molecule has 1 aliphatic rings. The summed E-state index contributed by atoms with van der Waals surface area (Å²) in [5.41, 5.74) is 4.89. The summed E-state index contributed by atoms with van der Waals surface area (Å²) in [4.78, 5) is 11.5. The number of hydrogen-bond acceptors (Lipinski definition) is 4. The summed E-state index contributed by atoms with van der Waals surface area (Å²) in [6.07, 6.45) is 3.87. The third kappa shape index (κ3) is 3.80. The first kappa shape index (κ1) is 12.5. The van der Waals surface area contributed by atoms with Crippen molar-refractivity contribution in [2.24, 2.45) is 5.73 Å². The number of nitrogens with two attached hydrogens (primary N) is 1. The average molecular weight is 215 g/mol. The maximum absolute atomic E-state index is 11.5.